The minimum absolute atomic E-state index is 0.111. The number of nitrogens with one attached hydrogen (secondary N) is 1. The normalized spacial score (nSPS) is 12.4. The monoisotopic (exact) mass is 457 g/mol. The molecule has 1 aromatic carbocycles. The number of aromatic nitrogens is 7. The maximum atomic E-state index is 5.47. The Kier molecular flexibility index (Phi) is 5.27. The summed E-state index contributed by atoms with van der Waals surface area (Å²) in [6.07, 6.45) is 7.53. The lowest BCUT2D eigenvalue weighted by Crippen LogP contribution is -2.12. The zero-order chi connectivity index (χ0) is 19.7. The molecule has 0 radical (unpaired) electrons. The largest absolute Gasteiger partial charge is 0.271 e. The van der Waals surface area contributed by atoms with Gasteiger partial charge in [-0.25, -0.2) is 0 Å². The van der Waals surface area contributed by atoms with E-state index < -0.39 is 0 Å². The summed E-state index contributed by atoms with van der Waals surface area (Å²) in [7, 11) is 0. The van der Waals surface area contributed by atoms with Crippen molar-refractivity contribution >= 4 is 28.1 Å². The number of hydrogen-bond acceptors (Lipinski definition) is 4. The van der Waals surface area contributed by atoms with Gasteiger partial charge in [0.15, 0.2) is 4.77 Å². The number of rotatable bonds is 6. The molecule has 28 heavy (non-hydrogen) atoms. The lowest BCUT2D eigenvalue weighted by atomic mass is 10.1. The van der Waals surface area contributed by atoms with Crippen molar-refractivity contribution in [2.24, 2.45) is 0 Å². The van der Waals surface area contributed by atoms with E-state index in [1.807, 2.05) is 32.5 Å². The van der Waals surface area contributed by atoms with E-state index in [4.69, 9.17) is 12.2 Å². The molecule has 0 fully saturated rings. The molecule has 4 aromatic rings. The van der Waals surface area contributed by atoms with Crippen LogP contribution in [-0.4, -0.2) is 34.3 Å². The van der Waals surface area contributed by atoms with Crippen molar-refractivity contribution in [3.8, 4) is 5.69 Å². The summed E-state index contributed by atoms with van der Waals surface area (Å²) < 4.78 is 7.25. The topological polar surface area (TPSA) is 69.2 Å². The third-order valence-electron chi connectivity index (χ3n) is 4.54. The number of benzene rings is 1. The summed E-state index contributed by atoms with van der Waals surface area (Å²) in [5.41, 5.74) is 3.35. The third kappa shape index (κ3) is 4.00. The molecule has 0 bridgehead atoms. The van der Waals surface area contributed by atoms with Crippen molar-refractivity contribution in [2.45, 2.75) is 32.9 Å². The Morgan fingerprint density at radius 1 is 1.11 bits per heavy atom. The van der Waals surface area contributed by atoms with Gasteiger partial charge in [0.25, 0.3) is 0 Å². The van der Waals surface area contributed by atoms with Gasteiger partial charge in [0.05, 0.1) is 35.6 Å². The van der Waals surface area contributed by atoms with Crippen LogP contribution in [-0.2, 0) is 13.1 Å². The number of H-pyrrole nitrogens is 1. The van der Waals surface area contributed by atoms with Crippen LogP contribution in [0.15, 0.2) is 53.5 Å². The number of nitrogens with zero attached hydrogens (tertiary/aromatic N) is 6. The van der Waals surface area contributed by atoms with E-state index in [0.29, 0.717) is 17.9 Å². The first-order valence-corrected chi connectivity index (χ1v) is 10.1. The first-order chi connectivity index (χ1) is 13.5. The summed E-state index contributed by atoms with van der Waals surface area (Å²) in [6.45, 7) is 5.59. The quantitative estimate of drug-likeness (QED) is 0.439. The highest BCUT2D eigenvalue weighted by Crippen LogP contribution is 2.20. The van der Waals surface area contributed by atoms with E-state index in [0.717, 1.165) is 16.0 Å². The third-order valence-corrected chi connectivity index (χ3v) is 5.23. The van der Waals surface area contributed by atoms with Gasteiger partial charge < -0.3 is 0 Å². The Morgan fingerprint density at radius 3 is 2.57 bits per heavy atom. The fraction of sp³-hybridized carbons (Fsp3) is 0.263. The fourth-order valence-corrected chi connectivity index (χ4v) is 3.70. The maximum absolute atomic E-state index is 5.47. The Balaban J connectivity index is 1.58. The van der Waals surface area contributed by atoms with E-state index in [1.54, 1.807) is 6.20 Å². The zero-order valence-corrected chi connectivity index (χ0v) is 18.0. The second-order valence-electron chi connectivity index (χ2n) is 6.89. The van der Waals surface area contributed by atoms with Crippen LogP contribution in [0.25, 0.3) is 5.69 Å². The molecular weight excluding hydrogens is 438 g/mol. The summed E-state index contributed by atoms with van der Waals surface area (Å²) in [4.78, 5) is 0. The molecule has 3 heterocycles. The average Bonchev–Trinajstić information content (AvgIpc) is 3.37. The maximum Gasteiger partial charge on any atom is 0.199 e. The minimum atomic E-state index is 0.111. The Morgan fingerprint density at radius 2 is 1.86 bits per heavy atom. The summed E-state index contributed by atoms with van der Waals surface area (Å²) in [5, 5.41) is 16.2. The smallest absolute Gasteiger partial charge is 0.199 e. The minimum Gasteiger partial charge on any atom is -0.271 e. The fourth-order valence-electron chi connectivity index (χ4n) is 3.12. The van der Waals surface area contributed by atoms with Gasteiger partial charge in [-0.1, -0.05) is 36.8 Å². The molecule has 0 aliphatic heterocycles. The van der Waals surface area contributed by atoms with Gasteiger partial charge in [-0.2, -0.15) is 15.3 Å². The van der Waals surface area contributed by atoms with Crippen molar-refractivity contribution in [1.82, 2.24) is 34.3 Å². The number of aromatic amines is 1. The highest BCUT2D eigenvalue weighted by Gasteiger charge is 2.17. The molecule has 0 aliphatic rings. The molecule has 0 saturated carbocycles. The van der Waals surface area contributed by atoms with Crippen molar-refractivity contribution in [1.29, 1.82) is 0 Å². The molecule has 3 aromatic heterocycles. The first kappa shape index (κ1) is 18.8. The molecule has 9 heteroatoms. The first-order valence-electron chi connectivity index (χ1n) is 8.93. The van der Waals surface area contributed by atoms with E-state index in [1.165, 1.54) is 11.1 Å². The highest BCUT2D eigenvalue weighted by molar-refractivity contribution is 9.10. The van der Waals surface area contributed by atoms with Crippen LogP contribution >= 0.6 is 28.1 Å². The average molecular weight is 458 g/mol. The van der Waals surface area contributed by atoms with Crippen molar-refractivity contribution in [2.75, 3.05) is 0 Å². The van der Waals surface area contributed by atoms with Crippen LogP contribution in [0.1, 0.15) is 29.8 Å². The van der Waals surface area contributed by atoms with Gasteiger partial charge in [-0.3, -0.25) is 19.0 Å². The molecule has 1 atom stereocenters. The standard InChI is InChI=1S/C19H20BrN7S/c1-13-3-5-15(6-4-13)10-26-12-17(8-22-26)27-18(23-24-19(27)28)14(2)9-25-11-16(20)7-21-25/h3-8,11-12,14H,9-10H2,1-2H3,(H,24,28). The van der Waals surface area contributed by atoms with Crippen LogP contribution in [0.5, 0.6) is 0 Å². The number of aryl methyl sites for hydroxylation is 1. The van der Waals surface area contributed by atoms with Crippen LogP contribution in [0.4, 0.5) is 0 Å². The van der Waals surface area contributed by atoms with Gasteiger partial charge in [0, 0.05) is 18.3 Å². The SMILES string of the molecule is Cc1ccc(Cn2cc(-n3c(C(C)Cn4cc(Br)cn4)n[nH]c3=S)cn2)cc1. The Hall–Kier alpha value is -2.52. The van der Waals surface area contributed by atoms with Crippen molar-refractivity contribution in [3.05, 3.63) is 75.2 Å². The molecule has 7 nitrogen and oxygen atoms in total. The van der Waals surface area contributed by atoms with E-state index in [-0.39, 0.29) is 5.92 Å². The van der Waals surface area contributed by atoms with Gasteiger partial charge in [-0.05, 0) is 40.6 Å². The van der Waals surface area contributed by atoms with Gasteiger partial charge >= 0.3 is 0 Å². The van der Waals surface area contributed by atoms with Crippen LogP contribution in [0.2, 0.25) is 0 Å². The van der Waals surface area contributed by atoms with Crippen molar-refractivity contribution in [3.63, 3.8) is 0 Å². The van der Waals surface area contributed by atoms with E-state index >= 15 is 0 Å². The van der Waals surface area contributed by atoms with E-state index in [2.05, 4.69) is 74.4 Å². The van der Waals surface area contributed by atoms with Crippen molar-refractivity contribution < 1.29 is 0 Å². The molecule has 0 aliphatic carbocycles. The second-order valence-corrected chi connectivity index (χ2v) is 8.19. The predicted octanol–water partition coefficient (Wildman–Crippen LogP) is 4.25. The van der Waals surface area contributed by atoms with Gasteiger partial charge in [-0.15, -0.1) is 0 Å². The Bertz CT molecular complexity index is 1140. The molecule has 4 rings (SSSR count). The van der Waals surface area contributed by atoms with Crippen LogP contribution in [0.3, 0.4) is 0 Å². The molecule has 1 N–H and O–H groups in total. The molecule has 0 amide bonds. The van der Waals surface area contributed by atoms with Crippen LogP contribution in [0, 0.1) is 11.7 Å². The van der Waals surface area contributed by atoms with Gasteiger partial charge in [0.1, 0.15) is 5.82 Å². The van der Waals surface area contributed by atoms with Gasteiger partial charge in [0.2, 0.25) is 0 Å². The second kappa shape index (κ2) is 7.84. The lowest BCUT2D eigenvalue weighted by molar-refractivity contribution is 0.518. The van der Waals surface area contributed by atoms with E-state index in [9.17, 15) is 0 Å². The summed E-state index contributed by atoms with van der Waals surface area (Å²) >= 11 is 8.90. The Labute approximate surface area is 176 Å². The molecule has 0 saturated heterocycles. The molecule has 1 unspecified atom stereocenters. The van der Waals surface area contributed by atoms with Crippen LogP contribution < -0.4 is 0 Å². The number of hydrogen-bond donors (Lipinski definition) is 1. The molecular formula is C19H20BrN7S. The lowest BCUT2D eigenvalue weighted by Gasteiger charge is -2.12. The number of halogens is 1. The summed E-state index contributed by atoms with van der Waals surface area (Å²) in [6, 6.07) is 8.46. The molecule has 144 valence electrons. The zero-order valence-electron chi connectivity index (χ0n) is 15.6. The highest BCUT2D eigenvalue weighted by atomic mass is 79.9. The molecule has 0 spiro atoms. The predicted molar refractivity (Wildman–Crippen MR) is 113 cm³/mol. The summed E-state index contributed by atoms with van der Waals surface area (Å²) in [5.74, 6) is 0.965.